The molecule has 0 saturated heterocycles. The molecule has 1 aromatic rings. The summed E-state index contributed by atoms with van der Waals surface area (Å²) in [6.45, 7) is -0.0290. The summed E-state index contributed by atoms with van der Waals surface area (Å²) in [6.07, 6.45) is 1.99. The average Bonchev–Trinajstić information content (AvgIpc) is 2.26. The van der Waals surface area contributed by atoms with Gasteiger partial charge in [-0.25, -0.2) is 0 Å². The van der Waals surface area contributed by atoms with Crippen LogP contribution in [0, 0.1) is 0 Å². The van der Waals surface area contributed by atoms with E-state index in [1.54, 1.807) is 24.3 Å². The molecule has 1 aliphatic carbocycles. The molecular weight excluding hydrogens is 268 g/mol. The van der Waals surface area contributed by atoms with Crippen molar-refractivity contribution in [3.05, 3.63) is 29.3 Å². The van der Waals surface area contributed by atoms with E-state index in [1.165, 1.54) is 0 Å². The van der Waals surface area contributed by atoms with Gasteiger partial charge in [0, 0.05) is 10.7 Å². The molecule has 0 bridgehead atoms. The van der Waals surface area contributed by atoms with Crippen molar-refractivity contribution in [2.45, 2.75) is 24.8 Å². The number of hydrogen-bond donors (Lipinski definition) is 3. The van der Waals surface area contributed by atoms with Crippen molar-refractivity contribution in [3.63, 3.8) is 0 Å². The van der Waals surface area contributed by atoms with Gasteiger partial charge < -0.3 is 10.4 Å². The molecule has 2 rings (SSSR count). The lowest BCUT2D eigenvalue weighted by Crippen LogP contribution is -2.58. The molecule has 0 aromatic heterocycles. The minimum Gasteiger partial charge on any atom is -0.480 e. The molecule has 5 nitrogen and oxygen atoms in total. The number of amides is 1. The molecule has 0 spiro atoms. The van der Waals surface area contributed by atoms with E-state index in [0.29, 0.717) is 23.6 Å². The molecule has 1 saturated carbocycles. The van der Waals surface area contributed by atoms with E-state index in [4.69, 9.17) is 16.7 Å². The van der Waals surface area contributed by atoms with Gasteiger partial charge in [0.15, 0.2) is 0 Å². The number of anilines is 1. The number of aliphatic carboxylic acids is 1. The van der Waals surface area contributed by atoms with Gasteiger partial charge in [-0.1, -0.05) is 17.7 Å². The van der Waals surface area contributed by atoms with Gasteiger partial charge in [0.05, 0.1) is 6.54 Å². The van der Waals surface area contributed by atoms with Crippen LogP contribution in [0.25, 0.3) is 0 Å². The maximum absolute atomic E-state index is 11.7. The molecule has 0 atom stereocenters. The summed E-state index contributed by atoms with van der Waals surface area (Å²) in [5, 5.41) is 15.1. The van der Waals surface area contributed by atoms with Gasteiger partial charge in [0.25, 0.3) is 0 Å². The van der Waals surface area contributed by atoms with Gasteiger partial charge >= 0.3 is 5.97 Å². The number of hydrogen-bond acceptors (Lipinski definition) is 3. The summed E-state index contributed by atoms with van der Waals surface area (Å²) >= 11 is 5.81. The molecule has 102 valence electrons. The van der Waals surface area contributed by atoms with Gasteiger partial charge in [-0.2, -0.15) is 0 Å². The lowest BCUT2D eigenvalue weighted by Gasteiger charge is -2.38. The standard InChI is InChI=1S/C13H15ClN2O3/c14-9-3-1-4-10(7-9)16-11(17)8-15-13(12(18)19)5-2-6-13/h1,3-4,7,15H,2,5-6,8H2,(H,16,17)(H,18,19). The Hall–Kier alpha value is -1.59. The van der Waals surface area contributed by atoms with E-state index >= 15 is 0 Å². The summed E-state index contributed by atoms with van der Waals surface area (Å²) in [5.41, 5.74) is -0.330. The summed E-state index contributed by atoms with van der Waals surface area (Å²) in [7, 11) is 0. The quantitative estimate of drug-likeness (QED) is 0.770. The number of carboxylic acid groups (broad SMARTS) is 1. The number of carboxylic acids is 1. The first kappa shape index (κ1) is 13.8. The minimum atomic E-state index is -0.925. The fourth-order valence-electron chi connectivity index (χ4n) is 2.02. The van der Waals surface area contributed by atoms with E-state index in [2.05, 4.69) is 10.6 Å². The van der Waals surface area contributed by atoms with Crippen molar-refractivity contribution in [1.29, 1.82) is 0 Å². The Morgan fingerprint density at radius 3 is 2.63 bits per heavy atom. The highest BCUT2D eigenvalue weighted by molar-refractivity contribution is 6.30. The first-order valence-corrected chi connectivity index (χ1v) is 6.43. The summed E-state index contributed by atoms with van der Waals surface area (Å²) in [4.78, 5) is 22.8. The zero-order chi connectivity index (χ0) is 13.9. The number of carbonyl (C=O) groups is 2. The molecule has 1 amide bonds. The highest BCUT2D eigenvalue weighted by Gasteiger charge is 2.44. The van der Waals surface area contributed by atoms with E-state index in [0.717, 1.165) is 6.42 Å². The van der Waals surface area contributed by atoms with Crippen LogP contribution < -0.4 is 10.6 Å². The van der Waals surface area contributed by atoms with Crippen molar-refractivity contribution < 1.29 is 14.7 Å². The highest BCUT2D eigenvalue weighted by Crippen LogP contribution is 2.31. The van der Waals surface area contributed by atoms with Crippen LogP contribution in [0.1, 0.15) is 19.3 Å². The SMILES string of the molecule is O=C(CNC1(C(=O)O)CCC1)Nc1cccc(Cl)c1. The summed E-state index contributed by atoms with van der Waals surface area (Å²) in [6, 6.07) is 6.80. The zero-order valence-electron chi connectivity index (χ0n) is 10.3. The van der Waals surface area contributed by atoms with Crippen molar-refractivity contribution in [2.24, 2.45) is 0 Å². The van der Waals surface area contributed by atoms with E-state index in [1.807, 2.05) is 0 Å². The van der Waals surface area contributed by atoms with Crippen LogP contribution in [0.15, 0.2) is 24.3 Å². The van der Waals surface area contributed by atoms with Crippen LogP contribution in [-0.2, 0) is 9.59 Å². The van der Waals surface area contributed by atoms with E-state index < -0.39 is 11.5 Å². The van der Waals surface area contributed by atoms with E-state index in [9.17, 15) is 9.59 Å². The molecule has 0 radical (unpaired) electrons. The van der Waals surface area contributed by atoms with Crippen LogP contribution in [0.2, 0.25) is 5.02 Å². The Balaban J connectivity index is 1.87. The fourth-order valence-corrected chi connectivity index (χ4v) is 2.21. The number of benzene rings is 1. The van der Waals surface area contributed by atoms with Crippen LogP contribution in [0.5, 0.6) is 0 Å². The van der Waals surface area contributed by atoms with Gasteiger partial charge in [-0.15, -0.1) is 0 Å². The van der Waals surface area contributed by atoms with Crippen LogP contribution in [0.4, 0.5) is 5.69 Å². The second kappa shape index (κ2) is 5.59. The largest absolute Gasteiger partial charge is 0.480 e. The van der Waals surface area contributed by atoms with Gasteiger partial charge in [-0.05, 0) is 37.5 Å². The molecular formula is C13H15ClN2O3. The lowest BCUT2D eigenvalue weighted by atomic mass is 9.77. The van der Waals surface area contributed by atoms with Crippen molar-refractivity contribution >= 4 is 29.2 Å². The highest BCUT2D eigenvalue weighted by atomic mass is 35.5. The molecule has 3 N–H and O–H groups in total. The second-order valence-corrected chi connectivity index (χ2v) is 5.09. The first-order valence-electron chi connectivity index (χ1n) is 6.06. The summed E-state index contributed by atoms with van der Waals surface area (Å²) < 4.78 is 0. The number of halogens is 1. The summed E-state index contributed by atoms with van der Waals surface area (Å²) in [5.74, 6) is -1.18. The Bertz CT molecular complexity index is 500. The van der Waals surface area contributed by atoms with Crippen molar-refractivity contribution in [3.8, 4) is 0 Å². The Morgan fingerprint density at radius 1 is 1.37 bits per heavy atom. The minimum absolute atomic E-state index is 0.0290. The molecule has 6 heteroatoms. The molecule has 0 heterocycles. The van der Waals surface area contributed by atoms with Gasteiger partial charge in [-0.3, -0.25) is 14.9 Å². The maximum atomic E-state index is 11.7. The molecule has 1 aromatic carbocycles. The molecule has 19 heavy (non-hydrogen) atoms. The molecule has 1 aliphatic rings. The maximum Gasteiger partial charge on any atom is 0.323 e. The third-order valence-corrected chi connectivity index (χ3v) is 3.55. The molecule has 0 aliphatic heterocycles. The topological polar surface area (TPSA) is 78.4 Å². The van der Waals surface area contributed by atoms with E-state index in [-0.39, 0.29) is 12.5 Å². The van der Waals surface area contributed by atoms with Crippen LogP contribution in [-0.4, -0.2) is 29.1 Å². The third kappa shape index (κ3) is 3.24. The Labute approximate surface area is 116 Å². The Kier molecular flexibility index (Phi) is 4.07. The normalized spacial score (nSPS) is 16.5. The van der Waals surface area contributed by atoms with Crippen LogP contribution >= 0.6 is 11.6 Å². The predicted octanol–water partition coefficient (Wildman–Crippen LogP) is 1.88. The second-order valence-electron chi connectivity index (χ2n) is 4.65. The number of carbonyl (C=O) groups excluding carboxylic acids is 1. The third-order valence-electron chi connectivity index (χ3n) is 3.31. The van der Waals surface area contributed by atoms with Crippen molar-refractivity contribution in [2.75, 3.05) is 11.9 Å². The number of rotatable bonds is 5. The fraction of sp³-hybridized carbons (Fsp3) is 0.385. The lowest BCUT2D eigenvalue weighted by molar-refractivity contribution is -0.148. The van der Waals surface area contributed by atoms with Crippen LogP contribution in [0.3, 0.4) is 0 Å². The van der Waals surface area contributed by atoms with Gasteiger partial charge in [0.1, 0.15) is 5.54 Å². The van der Waals surface area contributed by atoms with Crippen molar-refractivity contribution in [1.82, 2.24) is 5.32 Å². The Morgan fingerprint density at radius 2 is 2.11 bits per heavy atom. The molecule has 0 unspecified atom stereocenters. The number of nitrogens with one attached hydrogen (secondary N) is 2. The molecule has 1 fully saturated rings. The average molecular weight is 283 g/mol. The monoisotopic (exact) mass is 282 g/mol. The zero-order valence-corrected chi connectivity index (χ0v) is 11.0. The first-order chi connectivity index (χ1) is 9.02. The smallest absolute Gasteiger partial charge is 0.323 e. The predicted molar refractivity (Wildman–Crippen MR) is 72.3 cm³/mol. The van der Waals surface area contributed by atoms with Gasteiger partial charge in [0.2, 0.25) is 5.91 Å².